The number of anilines is 2. The Morgan fingerprint density at radius 2 is 1.73 bits per heavy atom. The molecule has 2 saturated heterocycles. The van der Waals surface area contributed by atoms with Gasteiger partial charge in [-0.3, -0.25) is 4.79 Å². The highest BCUT2D eigenvalue weighted by molar-refractivity contribution is 6.04. The highest BCUT2D eigenvalue weighted by atomic mass is 16.7. The highest BCUT2D eigenvalue weighted by Gasteiger charge is 2.31. The van der Waals surface area contributed by atoms with Crippen molar-refractivity contribution in [3.05, 3.63) is 48.0 Å². The van der Waals surface area contributed by atoms with Crippen molar-refractivity contribution in [1.29, 1.82) is 0 Å². The maximum atomic E-state index is 12.6. The summed E-state index contributed by atoms with van der Waals surface area (Å²) in [5, 5.41) is 6.84. The zero-order chi connectivity index (χ0) is 22.8. The number of nitrogens with zero attached hydrogens (tertiary/aromatic N) is 1. The van der Waals surface area contributed by atoms with E-state index < -0.39 is 0 Å². The molecule has 5 rings (SSSR count). The van der Waals surface area contributed by atoms with Crippen LogP contribution in [0.3, 0.4) is 0 Å². The lowest BCUT2D eigenvalue weighted by atomic mass is 9.92. The number of nitrogens with one attached hydrogen (secondary N) is 2. The van der Waals surface area contributed by atoms with Crippen LogP contribution in [-0.4, -0.2) is 50.1 Å². The van der Waals surface area contributed by atoms with Gasteiger partial charge in [0.05, 0.1) is 5.60 Å². The number of hydrogen-bond donors (Lipinski definition) is 2. The normalized spacial score (nSPS) is 22.2. The van der Waals surface area contributed by atoms with Gasteiger partial charge in [-0.2, -0.15) is 0 Å². The lowest BCUT2D eigenvalue weighted by Crippen LogP contribution is -2.50. The molecule has 1 atom stereocenters. The van der Waals surface area contributed by atoms with Gasteiger partial charge in [0.2, 0.25) is 6.79 Å². The van der Waals surface area contributed by atoms with Gasteiger partial charge in [-0.15, -0.1) is 0 Å². The monoisotopic (exact) mass is 451 g/mol. The van der Waals surface area contributed by atoms with Gasteiger partial charge in [-0.25, -0.2) is 0 Å². The molecule has 3 heterocycles. The van der Waals surface area contributed by atoms with Gasteiger partial charge >= 0.3 is 0 Å². The number of carbonyl (C=O) groups excluding carboxylic acids is 1. The number of rotatable bonds is 5. The molecule has 0 saturated carbocycles. The number of fused-ring (bicyclic) bond motifs is 1. The largest absolute Gasteiger partial charge is 0.454 e. The summed E-state index contributed by atoms with van der Waals surface area (Å²) in [6.07, 6.45) is 4.45. The average molecular weight is 452 g/mol. The number of benzene rings is 2. The molecule has 0 aliphatic carbocycles. The Bertz CT molecular complexity index is 984. The van der Waals surface area contributed by atoms with Crippen molar-refractivity contribution in [1.82, 2.24) is 5.32 Å². The van der Waals surface area contributed by atoms with Crippen LogP contribution in [0.15, 0.2) is 42.5 Å². The standard InChI is InChI=1S/C26H33N3O4/c1-26(2)16-21(11-14-33-26)27-20-9-12-29(13-10-20)22-6-4-19(5-7-22)28-25(30)18-3-8-23-24(15-18)32-17-31-23/h3-8,15,20-21,27H,9-14,16-17H2,1-2H3,(H,28,30)/t21-/m0/s1. The van der Waals surface area contributed by atoms with Gasteiger partial charge in [0.25, 0.3) is 5.91 Å². The lowest BCUT2D eigenvalue weighted by Gasteiger charge is -2.40. The Kier molecular flexibility index (Phi) is 6.17. The third-order valence-corrected chi connectivity index (χ3v) is 6.79. The average Bonchev–Trinajstić information content (AvgIpc) is 3.27. The maximum Gasteiger partial charge on any atom is 0.255 e. The summed E-state index contributed by atoms with van der Waals surface area (Å²) < 4.78 is 16.5. The first-order chi connectivity index (χ1) is 15.9. The Morgan fingerprint density at radius 3 is 2.48 bits per heavy atom. The van der Waals surface area contributed by atoms with Gasteiger partial charge in [-0.1, -0.05) is 0 Å². The van der Waals surface area contributed by atoms with Gasteiger partial charge in [0, 0.05) is 48.7 Å². The summed E-state index contributed by atoms with van der Waals surface area (Å²) >= 11 is 0. The summed E-state index contributed by atoms with van der Waals surface area (Å²) in [4.78, 5) is 15.0. The van der Waals surface area contributed by atoms with Crippen LogP contribution in [0, 0.1) is 0 Å². The van der Waals surface area contributed by atoms with Crippen molar-refractivity contribution < 1.29 is 19.0 Å². The van der Waals surface area contributed by atoms with Crippen LogP contribution in [0.5, 0.6) is 11.5 Å². The number of hydrogen-bond acceptors (Lipinski definition) is 6. The quantitative estimate of drug-likeness (QED) is 0.711. The minimum Gasteiger partial charge on any atom is -0.454 e. The predicted molar refractivity (Wildman–Crippen MR) is 128 cm³/mol. The van der Waals surface area contributed by atoms with Crippen LogP contribution in [0.4, 0.5) is 11.4 Å². The zero-order valence-corrected chi connectivity index (χ0v) is 19.4. The van der Waals surface area contributed by atoms with Crippen molar-refractivity contribution in [3.63, 3.8) is 0 Å². The Balaban J connectivity index is 1.12. The Hall–Kier alpha value is -2.77. The van der Waals surface area contributed by atoms with E-state index in [1.807, 2.05) is 12.1 Å². The summed E-state index contributed by atoms with van der Waals surface area (Å²) in [6, 6.07) is 14.5. The van der Waals surface area contributed by atoms with Crippen LogP contribution in [-0.2, 0) is 4.74 Å². The topological polar surface area (TPSA) is 72.1 Å². The number of carbonyl (C=O) groups is 1. The van der Waals surface area contributed by atoms with E-state index in [4.69, 9.17) is 14.2 Å². The molecule has 0 spiro atoms. The summed E-state index contributed by atoms with van der Waals surface area (Å²) in [7, 11) is 0. The van der Waals surface area contributed by atoms with E-state index in [1.165, 1.54) is 5.69 Å². The second-order valence-electron chi connectivity index (χ2n) is 9.79. The fourth-order valence-electron chi connectivity index (χ4n) is 5.01. The van der Waals surface area contributed by atoms with E-state index in [0.29, 0.717) is 29.1 Å². The van der Waals surface area contributed by atoms with Crippen LogP contribution >= 0.6 is 0 Å². The number of amides is 1. The van der Waals surface area contributed by atoms with Crippen molar-refractivity contribution in [3.8, 4) is 11.5 Å². The molecule has 2 aromatic rings. The summed E-state index contributed by atoms with van der Waals surface area (Å²) in [5.74, 6) is 1.12. The molecule has 33 heavy (non-hydrogen) atoms. The maximum absolute atomic E-state index is 12.6. The van der Waals surface area contributed by atoms with Gasteiger partial charge in [0.15, 0.2) is 11.5 Å². The molecule has 0 radical (unpaired) electrons. The van der Waals surface area contributed by atoms with Crippen LogP contribution in [0.25, 0.3) is 0 Å². The molecule has 2 N–H and O–H groups in total. The van der Waals surface area contributed by atoms with E-state index in [0.717, 1.165) is 51.1 Å². The molecular weight excluding hydrogens is 418 g/mol. The first-order valence-electron chi connectivity index (χ1n) is 11.9. The van der Waals surface area contributed by atoms with Crippen molar-refractivity contribution in [2.24, 2.45) is 0 Å². The van der Waals surface area contributed by atoms with Gasteiger partial charge < -0.3 is 29.7 Å². The minimum absolute atomic E-state index is 0.0173. The van der Waals surface area contributed by atoms with Gasteiger partial charge in [0.1, 0.15) is 0 Å². The second-order valence-corrected chi connectivity index (χ2v) is 9.79. The second kappa shape index (κ2) is 9.23. The van der Waals surface area contributed by atoms with E-state index in [9.17, 15) is 4.79 Å². The Labute approximate surface area is 195 Å². The minimum atomic E-state index is -0.163. The van der Waals surface area contributed by atoms with E-state index in [-0.39, 0.29) is 18.3 Å². The van der Waals surface area contributed by atoms with Crippen molar-refractivity contribution in [2.75, 3.05) is 36.7 Å². The van der Waals surface area contributed by atoms with E-state index in [1.54, 1.807) is 18.2 Å². The van der Waals surface area contributed by atoms with Crippen molar-refractivity contribution >= 4 is 17.3 Å². The lowest BCUT2D eigenvalue weighted by molar-refractivity contribution is -0.0644. The molecule has 3 aliphatic heterocycles. The molecule has 0 unspecified atom stereocenters. The SMILES string of the molecule is CC1(C)C[C@@H](NC2CCN(c3ccc(NC(=O)c4ccc5c(c4)OCO5)cc3)CC2)CCO1. The van der Waals surface area contributed by atoms with Crippen LogP contribution in [0.1, 0.15) is 49.9 Å². The molecule has 7 heteroatoms. The molecule has 1 amide bonds. The first-order valence-corrected chi connectivity index (χ1v) is 11.9. The first kappa shape index (κ1) is 22.0. The Morgan fingerprint density at radius 1 is 0.970 bits per heavy atom. The fourth-order valence-corrected chi connectivity index (χ4v) is 5.01. The van der Waals surface area contributed by atoms with E-state index in [2.05, 4.69) is 41.5 Å². The number of ether oxygens (including phenoxy) is 3. The zero-order valence-electron chi connectivity index (χ0n) is 19.4. The van der Waals surface area contributed by atoms with Gasteiger partial charge in [-0.05, 0) is 82.0 Å². The molecule has 176 valence electrons. The molecule has 2 fully saturated rings. The third kappa shape index (κ3) is 5.25. The molecule has 0 aromatic heterocycles. The third-order valence-electron chi connectivity index (χ3n) is 6.79. The van der Waals surface area contributed by atoms with E-state index >= 15 is 0 Å². The molecular formula is C26H33N3O4. The number of piperidine rings is 1. The van der Waals surface area contributed by atoms with Crippen LogP contribution in [0.2, 0.25) is 0 Å². The highest BCUT2D eigenvalue weighted by Crippen LogP contribution is 2.33. The smallest absolute Gasteiger partial charge is 0.255 e. The molecule has 3 aliphatic rings. The summed E-state index contributed by atoms with van der Waals surface area (Å²) in [6.45, 7) is 7.49. The van der Waals surface area contributed by atoms with Crippen molar-refractivity contribution in [2.45, 2.75) is 57.2 Å². The predicted octanol–water partition coefficient (Wildman–Crippen LogP) is 4.18. The molecule has 7 nitrogen and oxygen atoms in total. The summed E-state index contributed by atoms with van der Waals surface area (Å²) in [5.41, 5.74) is 2.50. The molecule has 0 bridgehead atoms. The van der Waals surface area contributed by atoms with Crippen LogP contribution < -0.4 is 25.0 Å². The fraction of sp³-hybridized carbons (Fsp3) is 0.500. The molecule has 2 aromatic carbocycles.